The highest BCUT2D eigenvalue weighted by Gasteiger charge is 2.42. The van der Waals surface area contributed by atoms with Crippen LogP contribution in [0, 0.1) is 23.7 Å². The molecule has 3 aromatic carbocycles. The molecule has 2 N–H and O–H groups in total. The molecule has 81 heavy (non-hydrogen) atoms. The number of anilines is 2. The number of nitriles is 1. The minimum absolute atomic E-state index is 0.0390. The number of benzene rings is 3. The van der Waals surface area contributed by atoms with Gasteiger partial charge in [0.15, 0.2) is 0 Å². The van der Waals surface area contributed by atoms with E-state index < -0.39 is 23.4 Å². The minimum Gasteiger partial charge on any atom is -0.462 e. The summed E-state index contributed by atoms with van der Waals surface area (Å²) in [7, 11) is 2.05. The lowest BCUT2D eigenvalue weighted by Crippen LogP contribution is -2.58. The van der Waals surface area contributed by atoms with E-state index in [2.05, 4.69) is 92.5 Å². The molecule has 3 fully saturated rings. The summed E-state index contributed by atoms with van der Waals surface area (Å²) in [5.41, 5.74) is 7.32. The standard InChI is InChI=1S/C61H77N11O8S/c1-8-54(74)71-28-27-70(34-45(71)22-24-62)57-49-23-26-69(51-16-11-14-43-13-9-10-15-48(43)51)36-50(49)65-60(67-57)80-37-46-33-47(35-68(46)7)79-32-31-77-29-30-78-38-53(73)66-56(61(4,5)6)59(76)72-25-12-17-52(72)58(75)64-40(2)42-18-20-44(21-19-42)55-41(3)63-39-81-55/h8-11,13-16,18-21,39-40,45-47,52,56H,1,12,17,22-23,25-38H2,2-7H3,(H,64,75)(H,66,73)/t40-,45-,46-,47+,52-,56+/m0/s1. The van der Waals surface area contributed by atoms with Crippen LogP contribution in [0.2, 0.25) is 0 Å². The van der Waals surface area contributed by atoms with Gasteiger partial charge in [-0.15, -0.1) is 11.3 Å². The zero-order valence-corrected chi connectivity index (χ0v) is 48.4. The highest BCUT2D eigenvalue weighted by Crippen LogP contribution is 2.36. The topological polar surface area (TPSA) is 208 Å². The van der Waals surface area contributed by atoms with Crippen LogP contribution in [-0.2, 0) is 46.4 Å². The molecule has 9 rings (SSSR count). The van der Waals surface area contributed by atoms with Crippen LogP contribution < -0.4 is 25.2 Å². The number of piperazine rings is 1. The molecule has 19 nitrogen and oxygen atoms in total. The molecule has 6 atom stereocenters. The third kappa shape index (κ3) is 14.2. The highest BCUT2D eigenvalue weighted by atomic mass is 32.1. The third-order valence-corrected chi connectivity index (χ3v) is 16.9. The second-order valence-electron chi connectivity index (χ2n) is 22.6. The summed E-state index contributed by atoms with van der Waals surface area (Å²) in [4.78, 5) is 79.5. The van der Waals surface area contributed by atoms with Crippen LogP contribution in [0.15, 0.2) is 84.9 Å². The lowest BCUT2D eigenvalue weighted by molar-refractivity contribution is -0.144. The number of nitrogens with zero attached hydrogens (tertiary/aromatic N) is 9. The number of thiazole rings is 1. The van der Waals surface area contributed by atoms with Crippen LogP contribution >= 0.6 is 11.3 Å². The number of ether oxygens (including phenoxy) is 4. The maximum Gasteiger partial charge on any atom is 0.318 e. The summed E-state index contributed by atoms with van der Waals surface area (Å²) in [5.74, 6) is -0.321. The first-order valence-corrected chi connectivity index (χ1v) is 29.2. The number of hydrogen-bond donors (Lipinski definition) is 2. The Morgan fingerprint density at radius 1 is 0.901 bits per heavy atom. The molecule has 0 radical (unpaired) electrons. The molecule has 3 saturated heterocycles. The highest BCUT2D eigenvalue weighted by molar-refractivity contribution is 7.13. The Bertz CT molecular complexity index is 3060. The number of carbonyl (C=O) groups excluding carboxylic acids is 4. The van der Waals surface area contributed by atoms with Crippen LogP contribution in [0.1, 0.15) is 81.9 Å². The Morgan fingerprint density at radius 2 is 1.68 bits per heavy atom. The van der Waals surface area contributed by atoms with Crippen molar-refractivity contribution in [3.05, 3.63) is 107 Å². The number of nitrogens with one attached hydrogen (secondary N) is 2. The number of hydrogen-bond acceptors (Lipinski definition) is 16. The van der Waals surface area contributed by atoms with Crippen molar-refractivity contribution in [1.29, 1.82) is 5.26 Å². The zero-order chi connectivity index (χ0) is 57.2. The van der Waals surface area contributed by atoms with Crippen molar-refractivity contribution in [3.8, 4) is 22.5 Å². The molecule has 2 aromatic heterocycles. The van der Waals surface area contributed by atoms with E-state index in [1.165, 1.54) is 16.8 Å². The largest absolute Gasteiger partial charge is 0.462 e. The first kappa shape index (κ1) is 58.6. The smallest absolute Gasteiger partial charge is 0.318 e. The van der Waals surface area contributed by atoms with Gasteiger partial charge in [-0.3, -0.25) is 24.1 Å². The van der Waals surface area contributed by atoms with Gasteiger partial charge in [-0.2, -0.15) is 15.2 Å². The van der Waals surface area contributed by atoms with Crippen LogP contribution in [0.25, 0.3) is 21.2 Å². The van der Waals surface area contributed by atoms with Crippen molar-refractivity contribution in [2.24, 2.45) is 5.41 Å². The second kappa shape index (κ2) is 26.7. The fourth-order valence-electron chi connectivity index (χ4n) is 11.5. The molecule has 0 bridgehead atoms. The monoisotopic (exact) mass is 1120 g/mol. The molecule has 0 spiro atoms. The van der Waals surface area contributed by atoms with Gasteiger partial charge in [0.25, 0.3) is 0 Å². The van der Waals surface area contributed by atoms with Crippen molar-refractivity contribution < 1.29 is 38.1 Å². The predicted molar refractivity (Wildman–Crippen MR) is 312 cm³/mol. The van der Waals surface area contributed by atoms with Gasteiger partial charge in [-0.25, -0.2) is 4.98 Å². The Labute approximate surface area is 479 Å². The molecule has 4 aliphatic heterocycles. The van der Waals surface area contributed by atoms with Crippen LogP contribution in [-0.4, -0.2) is 170 Å². The van der Waals surface area contributed by atoms with E-state index >= 15 is 0 Å². The molecule has 4 aliphatic rings. The fraction of sp³-hybridized carbons (Fsp3) is 0.508. The van der Waals surface area contributed by atoms with Crippen molar-refractivity contribution in [2.75, 3.05) is 95.8 Å². The van der Waals surface area contributed by atoms with Gasteiger partial charge in [0.1, 0.15) is 31.1 Å². The molecule has 5 aromatic rings. The summed E-state index contributed by atoms with van der Waals surface area (Å²) >= 11 is 1.59. The zero-order valence-electron chi connectivity index (χ0n) is 47.6. The predicted octanol–water partition coefficient (Wildman–Crippen LogP) is 6.64. The molecule has 430 valence electrons. The number of fused-ring (bicyclic) bond motifs is 2. The fourth-order valence-corrected chi connectivity index (χ4v) is 12.3. The summed E-state index contributed by atoms with van der Waals surface area (Å²) < 4.78 is 24.2. The number of aromatic nitrogens is 3. The minimum atomic E-state index is -0.867. The normalized spacial score (nSPS) is 20.2. The Balaban J connectivity index is 0.715. The second-order valence-corrected chi connectivity index (χ2v) is 23.5. The first-order valence-electron chi connectivity index (χ1n) is 28.3. The van der Waals surface area contributed by atoms with E-state index in [1.54, 1.807) is 21.1 Å². The lowest BCUT2D eigenvalue weighted by atomic mass is 9.85. The van der Waals surface area contributed by atoms with E-state index in [1.807, 2.05) is 64.4 Å². The van der Waals surface area contributed by atoms with E-state index in [0.717, 1.165) is 63.8 Å². The maximum atomic E-state index is 14.1. The summed E-state index contributed by atoms with van der Waals surface area (Å²) in [6.45, 7) is 18.5. The van der Waals surface area contributed by atoms with Gasteiger partial charge in [-0.1, -0.05) is 88.0 Å². The van der Waals surface area contributed by atoms with Crippen molar-refractivity contribution in [1.82, 2.24) is 40.3 Å². The van der Waals surface area contributed by atoms with Crippen LogP contribution in [0.5, 0.6) is 6.01 Å². The number of rotatable bonds is 22. The third-order valence-electron chi connectivity index (χ3n) is 16.0. The van der Waals surface area contributed by atoms with E-state index in [9.17, 15) is 24.4 Å². The van der Waals surface area contributed by atoms with Gasteiger partial charge < -0.3 is 49.2 Å². The molecule has 0 saturated carbocycles. The number of amides is 4. The van der Waals surface area contributed by atoms with Gasteiger partial charge in [-0.05, 0) is 80.6 Å². The molecule has 6 heterocycles. The Morgan fingerprint density at radius 3 is 2.44 bits per heavy atom. The number of likely N-dealkylation sites (N-methyl/N-ethyl adjacent to an activating group) is 1. The average Bonchev–Trinajstić information content (AvgIpc) is 4.42. The van der Waals surface area contributed by atoms with E-state index in [-0.39, 0.29) is 68.2 Å². The van der Waals surface area contributed by atoms with E-state index in [0.29, 0.717) is 77.9 Å². The number of likely N-dealkylation sites (tertiary alicyclic amines) is 2. The Kier molecular flexibility index (Phi) is 19.3. The average molecular weight is 1120 g/mol. The van der Waals surface area contributed by atoms with Crippen LogP contribution in [0.4, 0.5) is 11.5 Å². The summed E-state index contributed by atoms with van der Waals surface area (Å²) in [5, 5.41) is 18.1. The van der Waals surface area contributed by atoms with Gasteiger partial charge in [0.05, 0.1) is 85.4 Å². The first-order chi connectivity index (χ1) is 39.1. The molecule has 4 amide bonds. The van der Waals surface area contributed by atoms with Crippen molar-refractivity contribution in [2.45, 2.75) is 110 Å². The quantitative estimate of drug-likeness (QED) is 0.0550. The van der Waals surface area contributed by atoms with Crippen molar-refractivity contribution >= 4 is 57.2 Å². The van der Waals surface area contributed by atoms with Crippen molar-refractivity contribution in [3.63, 3.8) is 0 Å². The number of aryl methyl sites for hydroxylation is 1. The van der Waals surface area contributed by atoms with Gasteiger partial charge >= 0.3 is 6.01 Å². The molecule has 0 unspecified atom stereocenters. The van der Waals surface area contributed by atoms with Gasteiger partial charge in [0, 0.05) is 61.9 Å². The molecule has 20 heteroatoms. The van der Waals surface area contributed by atoms with E-state index in [4.69, 9.17) is 28.9 Å². The summed E-state index contributed by atoms with van der Waals surface area (Å²) in [6.07, 6.45) is 4.16. The Hall–Kier alpha value is -7.02. The maximum absolute atomic E-state index is 14.1. The molecular weight excluding hydrogens is 1050 g/mol. The summed E-state index contributed by atoms with van der Waals surface area (Å²) in [6, 6.07) is 23.4. The van der Waals surface area contributed by atoms with Crippen LogP contribution in [0.3, 0.4) is 0 Å². The van der Waals surface area contributed by atoms with Gasteiger partial charge in [0.2, 0.25) is 23.6 Å². The lowest BCUT2D eigenvalue weighted by Gasteiger charge is -2.42. The molecular formula is C61H77N11O8S. The molecule has 0 aliphatic carbocycles. The number of carbonyl (C=O) groups is 4. The SMILES string of the molecule is C=CC(=O)N1CCN(c2nc(OC[C@@H]3C[C@@H](OCCOCCOCC(=O)N[C@H](C(=O)N4CCC[C@H]4C(=O)N[C@@H](C)c4ccc(-c5scnc5C)cc4)C(C)(C)C)CN3C)nc3c2CCN(c2cccc4ccccc24)C3)C[C@@H]1CC#N.